The predicted molar refractivity (Wildman–Crippen MR) is 154 cm³/mol. The van der Waals surface area contributed by atoms with Crippen LogP contribution in [0, 0.1) is 5.92 Å². The van der Waals surface area contributed by atoms with Crippen molar-refractivity contribution in [1.82, 2.24) is 15.0 Å². The Hall–Kier alpha value is -3.29. The molecule has 0 amide bonds. The van der Waals surface area contributed by atoms with Crippen LogP contribution in [0.5, 0.6) is 0 Å². The first kappa shape index (κ1) is 27.3. The number of rotatable bonds is 10. The van der Waals surface area contributed by atoms with Crippen molar-refractivity contribution in [2.24, 2.45) is 5.92 Å². The van der Waals surface area contributed by atoms with Crippen LogP contribution in [0.15, 0.2) is 94.3 Å². The predicted octanol–water partition coefficient (Wildman–Crippen LogP) is 6.20. The molecule has 1 aromatic heterocycles. The van der Waals surface area contributed by atoms with Crippen LogP contribution in [0.2, 0.25) is 0 Å². The lowest BCUT2D eigenvalue weighted by Gasteiger charge is -2.37. The second kappa shape index (κ2) is 12.3. The summed E-state index contributed by atoms with van der Waals surface area (Å²) in [7, 11) is -3.23. The molecule has 2 unspecified atom stereocenters. The lowest BCUT2D eigenvalue weighted by atomic mass is 9.85. The first-order valence-corrected chi connectivity index (χ1v) is 15.7. The van der Waals surface area contributed by atoms with Crippen molar-refractivity contribution in [1.29, 1.82) is 0 Å². The van der Waals surface area contributed by atoms with E-state index < -0.39 is 9.84 Å². The summed E-state index contributed by atoms with van der Waals surface area (Å²) in [6.07, 6.45) is 6.39. The maximum atomic E-state index is 11.7. The number of piperidine rings is 1. The molecule has 0 bridgehead atoms. The van der Waals surface area contributed by atoms with Crippen LogP contribution in [-0.4, -0.2) is 48.8 Å². The van der Waals surface area contributed by atoms with Crippen molar-refractivity contribution in [3.63, 3.8) is 0 Å². The molecule has 0 spiro atoms. The highest BCUT2D eigenvalue weighted by atomic mass is 32.2. The molecule has 7 heteroatoms. The fourth-order valence-electron chi connectivity index (χ4n) is 5.67. The van der Waals surface area contributed by atoms with Crippen molar-refractivity contribution in [3.05, 3.63) is 102 Å². The topological polar surface area (TPSA) is 76.3 Å². The van der Waals surface area contributed by atoms with E-state index in [1.807, 2.05) is 0 Å². The Balaban J connectivity index is 1.15. The third kappa shape index (κ3) is 7.22. The molecular weight excluding hydrogens is 506 g/mol. The summed E-state index contributed by atoms with van der Waals surface area (Å²) in [5.74, 6) is 2.16. The second-order valence-corrected chi connectivity index (χ2v) is 12.9. The fourth-order valence-corrected chi connectivity index (χ4v) is 6.30. The molecule has 204 valence electrons. The Labute approximate surface area is 232 Å². The first-order valence-electron chi connectivity index (χ1n) is 13.8. The molecule has 6 nitrogen and oxygen atoms in total. The van der Waals surface area contributed by atoms with Gasteiger partial charge in [0.05, 0.1) is 4.90 Å². The maximum Gasteiger partial charge on any atom is 0.227 e. The van der Waals surface area contributed by atoms with Crippen LogP contribution < -0.4 is 0 Å². The fraction of sp³-hybridized carbons (Fsp3) is 0.375. The number of likely N-dealkylation sites (tertiary alicyclic amines) is 1. The van der Waals surface area contributed by atoms with E-state index in [1.54, 1.807) is 24.3 Å². The van der Waals surface area contributed by atoms with E-state index in [1.165, 1.54) is 17.4 Å². The zero-order valence-electron chi connectivity index (χ0n) is 22.7. The molecule has 1 fully saturated rings. The van der Waals surface area contributed by atoms with Gasteiger partial charge in [-0.05, 0) is 92.9 Å². The van der Waals surface area contributed by atoms with Gasteiger partial charge in [0.15, 0.2) is 9.84 Å². The summed E-state index contributed by atoms with van der Waals surface area (Å²) < 4.78 is 29.0. The number of hydrogen-bond acceptors (Lipinski definition) is 6. The Morgan fingerprint density at radius 3 is 2.21 bits per heavy atom. The second-order valence-electron chi connectivity index (χ2n) is 10.9. The first-order chi connectivity index (χ1) is 18.8. The molecule has 1 saturated heterocycles. The molecule has 39 heavy (non-hydrogen) atoms. The van der Waals surface area contributed by atoms with E-state index in [9.17, 15) is 8.42 Å². The summed E-state index contributed by atoms with van der Waals surface area (Å²) in [6.45, 7) is 4.53. The number of sulfone groups is 1. The molecule has 1 aliphatic heterocycles. The van der Waals surface area contributed by atoms with E-state index in [0.29, 0.717) is 29.6 Å². The van der Waals surface area contributed by atoms with E-state index in [-0.39, 0.29) is 4.90 Å². The van der Waals surface area contributed by atoms with Crippen LogP contribution in [-0.2, 0) is 22.7 Å². The average Bonchev–Trinajstić information content (AvgIpc) is 3.42. The standard InChI is InChI=1S/C32H37N3O3S/c1-24(21-29(27-11-7-4-8-12-27)22-25-9-5-3-6-10-25)35-19-17-26(18-20-35)23-31-33-32(34-38-31)28-13-15-30(16-14-28)39(2,36)37/h3-16,24,26,29H,17-23H2,1-2H3. The molecule has 0 N–H and O–H groups in total. The highest BCUT2D eigenvalue weighted by molar-refractivity contribution is 7.90. The quantitative estimate of drug-likeness (QED) is 0.237. The van der Waals surface area contributed by atoms with Gasteiger partial charge in [-0.25, -0.2) is 8.42 Å². The van der Waals surface area contributed by atoms with E-state index >= 15 is 0 Å². The molecule has 0 aliphatic carbocycles. The Morgan fingerprint density at radius 1 is 0.923 bits per heavy atom. The Morgan fingerprint density at radius 2 is 1.56 bits per heavy atom. The molecule has 3 aromatic carbocycles. The Kier molecular flexibility index (Phi) is 8.58. The minimum atomic E-state index is -3.23. The van der Waals surface area contributed by atoms with Gasteiger partial charge < -0.3 is 9.42 Å². The molecule has 1 aliphatic rings. The third-order valence-corrected chi connectivity index (χ3v) is 9.09. The van der Waals surface area contributed by atoms with Crippen LogP contribution >= 0.6 is 0 Å². The van der Waals surface area contributed by atoms with Crippen molar-refractivity contribution >= 4 is 9.84 Å². The molecule has 0 saturated carbocycles. The van der Waals surface area contributed by atoms with Crippen LogP contribution in [0.3, 0.4) is 0 Å². The minimum absolute atomic E-state index is 0.283. The van der Waals surface area contributed by atoms with Crippen LogP contribution in [0.1, 0.15) is 49.1 Å². The highest BCUT2D eigenvalue weighted by Gasteiger charge is 2.27. The van der Waals surface area contributed by atoms with Gasteiger partial charge in [0.1, 0.15) is 0 Å². The number of aromatic nitrogens is 2. The van der Waals surface area contributed by atoms with Gasteiger partial charge in [-0.3, -0.25) is 0 Å². The number of benzene rings is 3. The number of hydrogen-bond donors (Lipinski definition) is 0. The normalized spacial score (nSPS) is 16.7. The molecule has 5 rings (SSSR count). The van der Waals surface area contributed by atoms with Gasteiger partial charge in [0, 0.05) is 24.3 Å². The molecule has 4 aromatic rings. The summed E-state index contributed by atoms with van der Waals surface area (Å²) in [5.41, 5.74) is 3.56. The molecule has 2 heterocycles. The monoisotopic (exact) mass is 543 g/mol. The summed E-state index contributed by atoms with van der Waals surface area (Å²) in [6, 6.07) is 28.9. The zero-order chi connectivity index (χ0) is 27.2. The van der Waals surface area contributed by atoms with Crippen molar-refractivity contribution in [3.8, 4) is 11.4 Å². The largest absolute Gasteiger partial charge is 0.339 e. The van der Waals surface area contributed by atoms with E-state index in [4.69, 9.17) is 4.52 Å². The highest BCUT2D eigenvalue weighted by Crippen LogP contribution is 2.30. The summed E-state index contributed by atoms with van der Waals surface area (Å²) in [5, 5.41) is 4.14. The van der Waals surface area contributed by atoms with Gasteiger partial charge in [-0.15, -0.1) is 0 Å². The van der Waals surface area contributed by atoms with Gasteiger partial charge in [0.25, 0.3) is 0 Å². The van der Waals surface area contributed by atoms with Crippen molar-refractivity contribution in [2.75, 3.05) is 19.3 Å². The Bertz CT molecular complexity index is 1430. The zero-order valence-corrected chi connectivity index (χ0v) is 23.6. The maximum absolute atomic E-state index is 11.7. The molecule has 0 radical (unpaired) electrons. The lowest BCUT2D eigenvalue weighted by molar-refractivity contribution is 0.127. The van der Waals surface area contributed by atoms with Gasteiger partial charge in [-0.1, -0.05) is 65.8 Å². The minimum Gasteiger partial charge on any atom is -0.339 e. The summed E-state index contributed by atoms with van der Waals surface area (Å²) in [4.78, 5) is 7.51. The van der Waals surface area contributed by atoms with Crippen LogP contribution in [0.4, 0.5) is 0 Å². The third-order valence-electron chi connectivity index (χ3n) is 7.97. The van der Waals surface area contributed by atoms with Gasteiger partial charge in [0.2, 0.25) is 11.7 Å². The van der Waals surface area contributed by atoms with Gasteiger partial charge >= 0.3 is 0 Å². The smallest absolute Gasteiger partial charge is 0.227 e. The van der Waals surface area contributed by atoms with Crippen LogP contribution in [0.25, 0.3) is 11.4 Å². The average molecular weight is 544 g/mol. The molecular formula is C32H37N3O3S. The summed E-state index contributed by atoms with van der Waals surface area (Å²) >= 11 is 0. The van der Waals surface area contributed by atoms with Crippen molar-refractivity contribution in [2.45, 2.75) is 55.9 Å². The van der Waals surface area contributed by atoms with E-state index in [2.05, 4.69) is 82.6 Å². The van der Waals surface area contributed by atoms with E-state index in [0.717, 1.165) is 50.8 Å². The van der Waals surface area contributed by atoms with Crippen molar-refractivity contribution < 1.29 is 12.9 Å². The van der Waals surface area contributed by atoms with Gasteiger partial charge in [-0.2, -0.15) is 4.98 Å². The molecule has 2 atom stereocenters. The SMILES string of the molecule is CC(CC(Cc1ccccc1)c1ccccc1)N1CCC(Cc2nc(-c3ccc(S(C)(=O)=O)cc3)no2)CC1. The lowest BCUT2D eigenvalue weighted by Crippen LogP contribution is -2.41. The number of nitrogens with zero attached hydrogens (tertiary/aromatic N) is 3.